The van der Waals surface area contributed by atoms with Gasteiger partial charge in [-0.25, -0.2) is 9.37 Å². The molecule has 1 heterocycles. The van der Waals surface area contributed by atoms with E-state index in [0.717, 1.165) is 0 Å². The predicted molar refractivity (Wildman–Crippen MR) is 64.6 cm³/mol. The summed E-state index contributed by atoms with van der Waals surface area (Å²) in [5.41, 5.74) is 6.65. The largest absolute Gasteiger partial charge is 0.437 e. The molecule has 0 fully saturated rings. The van der Waals surface area contributed by atoms with Gasteiger partial charge in [-0.05, 0) is 36.8 Å². The molecule has 5 heteroatoms. The minimum absolute atomic E-state index is 0.139. The zero-order valence-electron chi connectivity index (χ0n) is 9.64. The zero-order chi connectivity index (χ0) is 13.1. The first-order chi connectivity index (χ1) is 8.61. The second-order valence-electron chi connectivity index (χ2n) is 3.70. The standard InChI is InChI=1S/C13H10FN3O/c1-8-6-10(2-3-11(8)14)18-13-12(16)9(7-15)4-5-17-13/h2-6H,16H2,1H3. The highest BCUT2D eigenvalue weighted by molar-refractivity contribution is 5.60. The number of pyridine rings is 1. The van der Waals surface area contributed by atoms with Crippen molar-refractivity contribution in [3.05, 3.63) is 47.4 Å². The molecule has 0 aliphatic carbocycles. The number of hydrogen-bond acceptors (Lipinski definition) is 4. The lowest BCUT2D eigenvalue weighted by Crippen LogP contribution is -1.98. The number of nitrogens with two attached hydrogens (primary N) is 1. The third kappa shape index (κ3) is 2.23. The van der Waals surface area contributed by atoms with Crippen molar-refractivity contribution in [3.63, 3.8) is 0 Å². The molecule has 0 radical (unpaired) electrons. The Kier molecular flexibility index (Phi) is 3.11. The highest BCUT2D eigenvalue weighted by Crippen LogP contribution is 2.28. The number of anilines is 1. The van der Waals surface area contributed by atoms with E-state index in [2.05, 4.69) is 4.98 Å². The van der Waals surface area contributed by atoms with Gasteiger partial charge < -0.3 is 10.5 Å². The third-order valence-electron chi connectivity index (χ3n) is 2.42. The number of benzene rings is 1. The van der Waals surface area contributed by atoms with E-state index in [1.54, 1.807) is 6.92 Å². The summed E-state index contributed by atoms with van der Waals surface area (Å²) < 4.78 is 18.5. The van der Waals surface area contributed by atoms with Crippen LogP contribution in [-0.4, -0.2) is 4.98 Å². The number of aromatic nitrogens is 1. The minimum Gasteiger partial charge on any atom is -0.437 e. The third-order valence-corrected chi connectivity index (χ3v) is 2.42. The van der Waals surface area contributed by atoms with Crippen LogP contribution in [-0.2, 0) is 0 Å². The highest BCUT2D eigenvalue weighted by Gasteiger charge is 2.09. The fourth-order valence-corrected chi connectivity index (χ4v) is 1.43. The number of nitrogens with zero attached hydrogens (tertiary/aromatic N) is 2. The first kappa shape index (κ1) is 11.9. The van der Waals surface area contributed by atoms with E-state index in [9.17, 15) is 4.39 Å². The molecule has 90 valence electrons. The van der Waals surface area contributed by atoms with Gasteiger partial charge in [0.2, 0.25) is 5.88 Å². The molecular weight excluding hydrogens is 233 g/mol. The van der Waals surface area contributed by atoms with Crippen molar-refractivity contribution in [1.82, 2.24) is 4.98 Å². The van der Waals surface area contributed by atoms with Crippen LogP contribution >= 0.6 is 0 Å². The number of ether oxygens (including phenoxy) is 1. The summed E-state index contributed by atoms with van der Waals surface area (Å²) in [5.74, 6) is 0.248. The van der Waals surface area contributed by atoms with E-state index in [1.165, 1.54) is 30.5 Å². The molecule has 1 aromatic carbocycles. The average Bonchev–Trinajstić information content (AvgIpc) is 2.36. The van der Waals surface area contributed by atoms with E-state index < -0.39 is 0 Å². The molecule has 0 bridgehead atoms. The molecule has 2 rings (SSSR count). The summed E-state index contributed by atoms with van der Waals surface area (Å²) in [4.78, 5) is 3.94. The van der Waals surface area contributed by atoms with Crippen LogP contribution in [0.2, 0.25) is 0 Å². The van der Waals surface area contributed by atoms with Crippen LogP contribution in [0.4, 0.5) is 10.1 Å². The number of halogens is 1. The topological polar surface area (TPSA) is 71.9 Å². The van der Waals surface area contributed by atoms with Gasteiger partial charge in [0, 0.05) is 6.20 Å². The summed E-state index contributed by atoms with van der Waals surface area (Å²) >= 11 is 0. The first-order valence-corrected chi connectivity index (χ1v) is 5.20. The number of nitrogen functional groups attached to an aromatic ring is 1. The summed E-state index contributed by atoms with van der Waals surface area (Å²) in [6.45, 7) is 1.63. The van der Waals surface area contributed by atoms with Crippen LogP contribution in [0.15, 0.2) is 30.5 Å². The Morgan fingerprint density at radius 3 is 2.83 bits per heavy atom. The fraction of sp³-hybridized carbons (Fsp3) is 0.0769. The Labute approximate surface area is 103 Å². The molecule has 0 atom stereocenters. The normalized spacial score (nSPS) is 9.83. The second-order valence-corrected chi connectivity index (χ2v) is 3.70. The van der Waals surface area contributed by atoms with Gasteiger partial charge in [0.1, 0.15) is 23.3 Å². The zero-order valence-corrected chi connectivity index (χ0v) is 9.64. The minimum atomic E-state index is -0.311. The summed E-state index contributed by atoms with van der Waals surface area (Å²) in [5, 5.41) is 8.83. The average molecular weight is 243 g/mol. The molecule has 2 N–H and O–H groups in total. The molecule has 18 heavy (non-hydrogen) atoms. The molecule has 4 nitrogen and oxygen atoms in total. The summed E-state index contributed by atoms with van der Waals surface area (Å²) in [7, 11) is 0. The van der Waals surface area contributed by atoms with Gasteiger partial charge in [0.05, 0.1) is 5.56 Å². The van der Waals surface area contributed by atoms with Crippen molar-refractivity contribution in [2.45, 2.75) is 6.92 Å². The van der Waals surface area contributed by atoms with E-state index in [0.29, 0.717) is 16.9 Å². The van der Waals surface area contributed by atoms with Gasteiger partial charge >= 0.3 is 0 Å². The number of aryl methyl sites for hydroxylation is 1. The smallest absolute Gasteiger partial charge is 0.244 e. The molecule has 0 aliphatic heterocycles. The van der Waals surface area contributed by atoms with E-state index >= 15 is 0 Å². The molecule has 0 spiro atoms. The van der Waals surface area contributed by atoms with Gasteiger partial charge in [0.25, 0.3) is 0 Å². The van der Waals surface area contributed by atoms with Crippen LogP contribution in [0.1, 0.15) is 11.1 Å². The monoisotopic (exact) mass is 243 g/mol. The molecule has 0 saturated carbocycles. The maximum Gasteiger partial charge on any atom is 0.244 e. The Morgan fingerprint density at radius 2 is 2.17 bits per heavy atom. The van der Waals surface area contributed by atoms with Crippen molar-refractivity contribution in [1.29, 1.82) is 5.26 Å². The Balaban J connectivity index is 2.35. The van der Waals surface area contributed by atoms with Crippen molar-refractivity contribution >= 4 is 5.69 Å². The van der Waals surface area contributed by atoms with Gasteiger partial charge in [-0.3, -0.25) is 0 Å². The van der Waals surface area contributed by atoms with Crippen molar-refractivity contribution in [2.75, 3.05) is 5.73 Å². The first-order valence-electron chi connectivity index (χ1n) is 5.20. The van der Waals surface area contributed by atoms with Crippen LogP contribution in [0, 0.1) is 24.1 Å². The SMILES string of the molecule is Cc1cc(Oc2nccc(C#N)c2N)ccc1F. The van der Waals surface area contributed by atoms with Gasteiger partial charge in [-0.1, -0.05) is 0 Å². The number of nitriles is 1. The summed E-state index contributed by atoms with van der Waals surface area (Å²) in [6.07, 6.45) is 1.43. The molecule has 2 aromatic rings. The Morgan fingerprint density at radius 1 is 1.39 bits per heavy atom. The van der Waals surface area contributed by atoms with Crippen molar-refractivity contribution in [3.8, 4) is 17.7 Å². The Hall–Kier alpha value is -2.61. The lowest BCUT2D eigenvalue weighted by atomic mass is 10.2. The quantitative estimate of drug-likeness (QED) is 0.880. The second kappa shape index (κ2) is 4.72. The van der Waals surface area contributed by atoms with Crippen molar-refractivity contribution < 1.29 is 9.13 Å². The van der Waals surface area contributed by atoms with Crippen LogP contribution in [0.3, 0.4) is 0 Å². The summed E-state index contributed by atoms with van der Waals surface area (Å²) in [6, 6.07) is 7.75. The molecule has 0 aliphatic rings. The lowest BCUT2D eigenvalue weighted by Gasteiger charge is -2.08. The molecule has 0 amide bonds. The van der Waals surface area contributed by atoms with E-state index in [-0.39, 0.29) is 17.4 Å². The van der Waals surface area contributed by atoms with Gasteiger partial charge in [-0.2, -0.15) is 5.26 Å². The number of hydrogen-bond donors (Lipinski definition) is 1. The van der Waals surface area contributed by atoms with E-state index in [1.807, 2.05) is 6.07 Å². The van der Waals surface area contributed by atoms with Crippen LogP contribution in [0.25, 0.3) is 0 Å². The maximum atomic E-state index is 13.1. The molecular formula is C13H10FN3O. The van der Waals surface area contributed by atoms with Crippen molar-refractivity contribution in [2.24, 2.45) is 0 Å². The van der Waals surface area contributed by atoms with Crippen LogP contribution in [0.5, 0.6) is 11.6 Å². The fourth-order valence-electron chi connectivity index (χ4n) is 1.43. The maximum absolute atomic E-state index is 13.1. The van der Waals surface area contributed by atoms with Gasteiger partial charge in [-0.15, -0.1) is 0 Å². The lowest BCUT2D eigenvalue weighted by molar-refractivity contribution is 0.463. The molecule has 1 aromatic heterocycles. The molecule has 0 saturated heterocycles. The number of rotatable bonds is 2. The van der Waals surface area contributed by atoms with Crippen LogP contribution < -0.4 is 10.5 Å². The Bertz CT molecular complexity index is 635. The van der Waals surface area contributed by atoms with E-state index in [4.69, 9.17) is 15.7 Å². The highest BCUT2D eigenvalue weighted by atomic mass is 19.1. The van der Waals surface area contributed by atoms with Gasteiger partial charge in [0.15, 0.2) is 0 Å². The predicted octanol–water partition coefficient (Wildman–Crippen LogP) is 2.78. The molecule has 0 unspecified atom stereocenters.